The monoisotopic (exact) mass is 340 g/mol. The molecule has 0 saturated heterocycles. The second-order valence-electron chi connectivity index (χ2n) is 4.23. The van der Waals surface area contributed by atoms with Gasteiger partial charge in [0.05, 0.1) is 12.5 Å². The largest absolute Gasteiger partial charge is 0.481 e. The molecular weight excluding hydrogens is 328 g/mol. The first-order valence-electron chi connectivity index (χ1n) is 5.85. The van der Waals surface area contributed by atoms with Crippen molar-refractivity contribution in [2.45, 2.75) is 18.7 Å². The fraction of sp³-hybridized carbons (Fsp3) is 0.286. The van der Waals surface area contributed by atoms with Crippen LogP contribution in [0.25, 0.3) is 0 Å². The highest BCUT2D eigenvalue weighted by molar-refractivity contribution is 9.10. The van der Waals surface area contributed by atoms with E-state index in [-0.39, 0.29) is 5.38 Å². The molecule has 0 amide bonds. The molecule has 0 aliphatic carbocycles. The zero-order valence-electron chi connectivity index (χ0n) is 10.7. The lowest BCUT2D eigenvalue weighted by Gasteiger charge is -2.11. The second kappa shape index (κ2) is 6.35. The number of aryl methyl sites for hydroxylation is 1. The number of ether oxygens (including phenoxy) is 1. The Kier molecular flexibility index (Phi) is 4.77. The molecule has 0 saturated carbocycles. The van der Waals surface area contributed by atoms with Crippen LogP contribution in [0.1, 0.15) is 22.2 Å². The molecule has 100 valence electrons. The number of hydrogen-bond acceptors (Lipinski definition) is 3. The lowest BCUT2D eigenvalue weighted by atomic mass is 10.1. The summed E-state index contributed by atoms with van der Waals surface area (Å²) in [6.07, 6.45) is 2.12. The van der Waals surface area contributed by atoms with Gasteiger partial charge in [-0.05, 0) is 24.1 Å². The van der Waals surface area contributed by atoms with E-state index in [4.69, 9.17) is 16.3 Å². The molecule has 19 heavy (non-hydrogen) atoms. The summed E-state index contributed by atoms with van der Waals surface area (Å²) in [6, 6.07) is 7.94. The minimum Gasteiger partial charge on any atom is -0.481 e. The van der Waals surface area contributed by atoms with Crippen molar-refractivity contribution in [3.63, 3.8) is 0 Å². The van der Waals surface area contributed by atoms with E-state index in [1.54, 1.807) is 13.2 Å². The fourth-order valence-electron chi connectivity index (χ4n) is 1.71. The molecule has 1 aromatic heterocycles. The molecule has 1 unspecified atom stereocenters. The van der Waals surface area contributed by atoms with Gasteiger partial charge in [0.1, 0.15) is 6.33 Å². The Balaban J connectivity index is 2.15. The van der Waals surface area contributed by atoms with Crippen molar-refractivity contribution in [1.29, 1.82) is 0 Å². The summed E-state index contributed by atoms with van der Waals surface area (Å²) >= 11 is 9.96. The number of benzene rings is 1. The predicted octanol–water partition coefficient (Wildman–Crippen LogP) is 4.08. The first kappa shape index (κ1) is 14.3. The molecule has 0 spiro atoms. The summed E-state index contributed by atoms with van der Waals surface area (Å²) in [5.41, 5.74) is 3.12. The van der Waals surface area contributed by atoms with Crippen LogP contribution in [0.15, 0.2) is 35.1 Å². The summed E-state index contributed by atoms with van der Waals surface area (Å²) in [5, 5.41) is -0.128. The Labute approximate surface area is 126 Å². The molecule has 1 heterocycles. The zero-order valence-corrected chi connectivity index (χ0v) is 13.1. The number of alkyl halides is 1. The smallest absolute Gasteiger partial charge is 0.216 e. The van der Waals surface area contributed by atoms with E-state index in [0.29, 0.717) is 12.3 Å². The van der Waals surface area contributed by atoms with Gasteiger partial charge in [0, 0.05) is 22.7 Å². The molecule has 0 aliphatic heterocycles. The maximum atomic E-state index is 6.44. The first-order chi connectivity index (χ1) is 9.10. The van der Waals surface area contributed by atoms with Crippen molar-refractivity contribution >= 4 is 27.5 Å². The Bertz CT molecular complexity index is 577. The van der Waals surface area contributed by atoms with Gasteiger partial charge < -0.3 is 4.74 Å². The minimum atomic E-state index is -0.128. The summed E-state index contributed by atoms with van der Waals surface area (Å²) in [6.45, 7) is 2.05. The molecule has 0 fully saturated rings. The first-order valence-corrected chi connectivity index (χ1v) is 7.08. The van der Waals surface area contributed by atoms with Crippen molar-refractivity contribution in [3.8, 4) is 5.88 Å². The quantitative estimate of drug-likeness (QED) is 0.786. The average Bonchev–Trinajstić information content (AvgIpc) is 2.42. The van der Waals surface area contributed by atoms with Gasteiger partial charge in [0.2, 0.25) is 5.88 Å². The van der Waals surface area contributed by atoms with Gasteiger partial charge in [0.25, 0.3) is 0 Å². The minimum absolute atomic E-state index is 0.128. The van der Waals surface area contributed by atoms with E-state index in [1.165, 1.54) is 11.9 Å². The molecule has 2 rings (SSSR count). The molecule has 5 heteroatoms. The van der Waals surface area contributed by atoms with Crippen LogP contribution < -0.4 is 4.74 Å². The number of nitrogens with zero attached hydrogens (tertiary/aromatic N) is 2. The number of aromatic nitrogens is 2. The third kappa shape index (κ3) is 3.67. The average molecular weight is 342 g/mol. The van der Waals surface area contributed by atoms with E-state index in [2.05, 4.69) is 32.0 Å². The standard InChI is InChI=1S/C14H14BrClN2O/c1-9-3-4-10(5-12(9)15)13(16)6-11-7-14(19-2)18-8-17-11/h3-5,7-8,13H,6H2,1-2H3. The zero-order chi connectivity index (χ0) is 13.8. The van der Waals surface area contributed by atoms with Crippen molar-refractivity contribution in [2.75, 3.05) is 7.11 Å². The highest BCUT2D eigenvalue weighted by atomic mass is 79.9. The van der Waals surface area contributed by atoms with Gasteiger partial charge in [-0.15, -0.1) is 11.6 Å². The normalized spacial score (nSPS) is 12.2. The van der Waals surface area contributed by atoms with Crippen molar-refractivity contribution in [1.82, 2.24) is 9.97 Å². The lowest BCUT2D eigenvalue weighted by molar-refractivity contribution is 0.396. The van der Waals surface area contributed by atoms with Crippen LogP contribution in [0.5, 0.6) is 5.88 Å². The van der Waals surface area contributed by atoms with E-state index in [1.807, 2.05) is 19.1 Å². The Morgan fingerprint density at radius 3 is 2.79 bits per heavy atom. The number of halogens is 2. The van der Waals surface area contributed by atoms with Crippen LogP contribution in [0.4, 0.5) is 0 Å². The molecular formula is C14H14BrClN2O. The van der Waals surface area contributed by atoms with Crippen LogP contribution in [0.3, 0.4) is 0 Å². The predicted molar refractivity (Wildman–Crippen MR) is 79.8 cm³/mol. The van der Waals surface area contributed by atoms with Gasteiger partial charge >= 0.3 is 0 Å². The third-order valence-electron chi connectivity index (χ3n) is 2.85. The maximum Gasteiger partial charge on any atom is 0.216 e. The molecule has 3 nitrogen and oxygen atoms in total. The molecule has 0 aliphatic rings. The van der Waals surface area contributed by atoms with Crippen molar-refractivity contribution in [3.05, 3.63) is 51.9 Å². The second-order valence-corrected chi connectivity index (χ2v) is 5.61. The van der Waals surface area contributed by atoms with Gasteiger partial charge in [-0.25, -0.2) is 9.97 Å². The van der Waals surface area contributed by atoms with E-state index in [0.717, 1.165) is 15.7 Å². The topological polar surface area (TPSA) is 35.0 Å². The third-order valence-corrected chi connectivity index (χ3v) is 4.11. The molecule has 2 aromatic rings. The van der Waals surface area contributed by atoms with Gasteiger partial charge in [-0.1, -0.05) is 28.1 Å². The van der Waals surface area contributed by atoms with E-state index < -0.39 is 0 Å². The highest BCUT2D eigenvalue weighted by Crippen LogP contribution is 2.28. The molecule has 0 radical (unpaired) electrons. The van der Waals surface area contributed by atoms with Crippen LogP contribution >= 0.6 is 27.5 Å². The van der Waals surface area contributed by atoms with Crippen LogP contribution in [-0.2, 0) is 6.42 Å². The summed E-state index contributed by atoms with van der Waals surface area (Å²) in [5.74, 6) is 0.555. The van der Waals surface area contributed by atoms with Crippen LogP contribution in [0, 0.1) is 6.92 Å². The maximum absolute atomic E-state index is 6.44. The van der Waals surface area contributed by atoms with E-state index >= 15 is 0 Å². The Hall–Kier alpha value is -1.13. The van der Waals surface area contributed by atoms with E-state index in [9.17, 15) is 0 Å². The molecule has 1 atom stereocenters. The number of methoxy groups -OCH3 is 1. The van der Waals surface area contributed by atoms with Gasteiger partial charge in [0.15, 0.2) is 0 Å². The van der Waals surface area contributed by atoms with Crippen molar-refractivity contribution in [2.24, 2.45) is 0 Å². The lowest BCUT2D eigenvalue weighted by Crippen LogP contribution is -2.00. The van der Waals surface area contributed by atoms with Gasteiger partial charge in [-0.2, -0.15) is 0 Å². The van der Waals surface area contributed by atoms with Gasteiger partial charge in [-0.3, -0.25) is 0 Å². The summed E-state index contributed by atoms with van der Waals surface area (Å²) < 4.78 is 6.14. The van der Waals surface area contributed by atoms with Crippen LogP contribution in [0.2, 0.25) is 0 Å². The molecule has 0 N–H and O–H groups in total. The van der Waals surface area contributed by atoms with Crippen molar-refractivity contribution < 1.29 is 4.74 Å². The Morgan fingerprint density at radius 1 is 1.32 bits per heavy atom. The summed E-state index contributed by atoms with van der Waals surface area (Å²) in [4.78, 5) is 8.19. The molecule has 0 bridgehead atoms. The number of hydrogen-bond donors (Lipinski definition) is 0. The molecule has 1 aromatic carbocycles. The van der Waals surface area contributed by atoms with Crippen LogP contribution in [-0.4, -0.2) is 17.1 Å². The highest BCUT2D eigenvalue weighted by Gasteiger charge is 2.12. The fourth-order valence-corrected chi connectivity index (χ4v) is 2.40. The number of rotatable bonds is 4. The SMILES string of the molecule is COc1cc(CC(Cl)c2ccc(C)c(Br)c2)ncn1. The Morgan fingerprint density at radius 2 is 2.11 bits per heavy atom. The summed E-state index contributed by atoms with van der Waals surface area (Å²) in [7, 11) is 1.58.